The van der Waals surface area contributed by atoms with Crippen LogP contribution in [0.5, 0.6) is 0 Å². The highest BCUT2D eigenvalue weighted by molar-refractivity contribution is 6.13. The first kappa shape index (κ1) is 21.6. The van der Waals surface area contributed by atoms with Crippen molar-refractivity contribution < 1.29 is 14.3 Å². The number of aliphatic hydroxyl groups excluding tert-OH is 1. The van der Waals surface area contributed by atoms with E-state index < -0.39 is 0 Å². The molecule has 1 saturated heterocycles. The minimum atomic E-state index is -0.375. The quantitative estimate of drug-likeness (QED) is 0.466. The van der Waals surface area contributed by atoms with Crippen molar-refractivity contribution in [1.82, 2.24) is 14.9 Å². The monoisotopic (exact) mass is 414 g/mol. The topological polar surface area (TPSA) is 119 Å². The van der Waals surface area contributed by atoms with Gasteiger partial charge in [0.2, 0.25) is 5.91 Å². The number of nitrogen functional groups attached to an aromatic ring is 1. The predicted molar refractivity (Wildman–Crippen MR) is 113 cm³/mol. The van der Waals surface area contributed by atoms with Crippen LogP contribution in [0.3, 0.4) is 0 Å². The zero-order valence-corrected chi connectivity index (χ0v) is 17.2. The average Bonchev–Trinajstić information content (AvgIpc) is 2.71. The van der Waals surface area contributed by atoms with Crippen molar-refractivity contribution in [2.24, 2.45) is 5.92 Å². The number of β-amino-alcohol motifs (C(OH)–C–C–N with tert-alkyl or cyclic N) is 1. The minimum Gasteiger partial charge on any atom is -0.398 e. The Kier molecular flexibility index (Phi) is 6.61. The molecule has 0 spiro atoms. The zero-order chi connectivity index (χ0) is 21.8. The molecular formula is C21H27FN6O2. The molecule has 0 unspecified atom stereocenters. The molecule has 30 heavy (non-hydrogen) atoms. The summed E-state index contributed by atoms with van der Waals surface area (Å²) < 4.78 is 14.3. The van der Waals surface area contributed by atoms with Crippen LogP contribution >= 0.6 is 0 Å². The molecule has 1 aliphatic heterocycles. The maximum absolute atomic E-state index is 14.3. The first-order chi connectivity index (χ1) is 14.3. The van der Waals surface area contributed by atoms with Crippen molar-refractivity contribution in [3.63, 3.8) is 0 Å². The molecule has 1 aliphatic rings. The first-order valence-electron chi connectivity index (χ1n) is 9.93. The summed E-state index contributed by atoms with van der Waals surface area (Å²) in [6, 6.07) is 4.51. The Bertz CT molecular complexity index is 949. The van der Waals surface area contributed by atoms with Crippen LogP contribution in [0.1, 0.15) is 30.7 Å². The van der Waals surface area contributed by atoms with Crippen LogP contribution in [-0.2, 0) is 11.2 Å². The predicted octanol–water partition coefficient (Wildman–Crippen LogP) is 1.45. The second-order valence-corrected chi connectivity index (χ2v) is 7.79. The largest absolute Gasteiger partial charge is 0.398 e. The van der Waals surface area contributed by atoms with Gasteiger partial charge in [0.05, 0.1) is 24.6 Å². The van der Waals surface area contributed by atoms with E-state index >= 15 is 0 Å². The number of nitrogens with one attached hydrogen (secondary N) is 1. The molecule has 1 fully saturated rings. The molecular weight excluding hydrogens is 387 g/mol. The van der Waals surface area contributed by atoms with Gasteiger partial charge in [-0.05, 0) is 30.0 Å². The summed E-state index contributed by atoms with van der Waals surface area (Å²) in [7, 11) is 0. The normalized spacial score (nSPS) is 14.5. The highest BCUT2D eigenvalue weighted by Gasteiger charge is 2.25. The number of piperazine rings is 1. The van der Waals surface area contributed by atoms with Crippen LogP contribution in [0.4, 0.5) is 15.9 Å². The van der Waals surface area contributed by atoms with Crippen molar-refractivity contribution in [2.45, 2.75) is 20.3 Å². The third kappa shape index (κ3) is 4.73. The number of aromatic nitrogens is 2. The summed E-state index contributed by atoms with van der Waals surface area (Å²) in [5, 5.41) is 17.6. The van der Waals surface area contributed by atoms with Crippen molar-refractivity contribution >= 4 is 23.1 Å². The van der Waals surface area contributed by atoms with E-state index in [0.717, 1.165) is 0 Å². The summed E-state index contributed by atoms with van der Waals surface area (Å²) in [4.78, 5) is 24.1. The molecule has 9 heteroatoms. The number of anilines is 2. The number of rotatable bonds is 7. The highest BCUT2D eigenvalue weighted by atomic mass is 19.1. The lowest BCUT2D eigenvalue weighted by atomic mass is 9.96. The lowest BCUT2D eigenvalue weighted by Crippen LogP contribution is -2.51. The molecule has 0 atom stereocenters. The molecule has 0 aliphatic carbocycles. The minimum absolute atomic E-state index is 0.0710. The molecule has 0 bridgehead atoms. The van der Waals surface area contributed by atoms with Gasteiger partial charge in [-0.3, -0.25) is 10.2 Å². The Morgan fingerprint density at radius 1 is 1.30 bits per heavy atom. The van der Waals surface area contributed by atoms with E-state index in [2.05, 4.69) is 9.97 Å². The van der Waals surface area contributed by atoms with E-state index in [1.807, 2.05) is 18.7 Å². The second-order valence-electron chi connectivity index (χ2n) is 7.79. The zero-order valence-electron chi connectivity index (χ0n) is 17.2. The fourth-order valence-electron chi connectivity index (χ4n) is 3.50. The molecule has 2 aromatic rings. The number of hydrogen-bond acceptors (Lipinski definition) is 7. The second kappa shape index (κ2) is 9.17. The number of nitrogens with zero attached hydrogens (tertiary/aromatic N) is 4. The van der Waals surface area contributed by atoms with Crippen LogP contribution in [0.2, 0.25) is 0 Å². The fourth-order valence-corrected chi connectivity index (χ4v) is 3.50. The molecule has 3 rings (SSSR count). The van der Waals surface area contributed by atoms with Crippen LogP contribution in [0.25, 0.3) is 0 Å². The molecule has 8 nitrogen and oxygen atoms in total. The van der Waals surface area contributed by atoms with E-state index in [0.29, 0.717) is 48.7 Å². The van der Waals surface area contributed by atoms with Crippen LogP contribution in [-0.4, -0.2) is 64.4 Å². The molecule has 0 radical (unpaired) electrons. The van der Waals surface area contributed by atoms with Gasteiger partial charge in [0.15, 0.2) is 0 Å². The SMILES string of the molecule is CC(C)Cc1cc(C(=N)c2cc(N3CCN(CCO)C(=O)C3)ncn2)c(N)cc1F. The summed E-state index contributed by atoms with van der Waals surface area (Å²) >= 11 is 0. The van der Waals surface area contributed by atoms with Gasteiger partial charge in [0.25, 0.3) is 0 Å². The molecule has 0 saturated carbocycles. The molecule has 1 amide bonds. The van der Waals surface area contributed by atoms with Gasteiger partial charge in [-0.1, -0.05) is 13.8 Å². The van der Waals surface area contributed by atoms with E-state index in [-0.39, 0.29) is 42.2 Å². The van der Waals surface area contributed by atoms with Crippen LogP contribution in [0, 0.1) is 17.1 Å². The molecule has 160 valence electrons. The Balaban J connectivity index is 1.84. The number of carbonyl (C=O) groups is 1. The van der Waals surface area contributed by atoms with Gasteiger partial charge in [-0.15, -0.1) is 0 Å². The summed E-state index contributed by atoms with van der Waals surface area (Å²) in [5.74, 6) is 0.328. The molecule has 1 aromatic carbocycles. The van der Waals surface area contributed by atoms with Gasteiger partial charge in [-0.2, -0.15) is 0 Å². The van der Waals surface area contributed by atoms with Gasteiger partial charge in [-0.25, -0.2) is 14.4 Å². The van der Waals surface area contributed by atoms with Gasteiger partial charge >= 0.3 is 0 Å². The van der Waals surface area contributed by atoms with E-state index in [1.54, 1.807) is 17.0 Å². The number of halogens is 1. The van der Waals surface area contributed by atoms with Crippen molar-refractivity contribution in [3.05, 3.63) is 47.2 Å². The first-order valence-corrected chi connectivity index (χ1v) is 9.93. The smallest absolute Gasteiger partial charge is 0.242 e. The maximum Gasteiger partial charge on any atom is 0.242 e. The Labute approximate surface area is 175 Å². The van der Waals surface area contributed by atoms with Crippen LogP contribution in [0.15, 0.2) is 24.5 Å². The lowest BCUT2D eigenvalue weighted by molar-refractivity contribution is -0.131. The van der Waals surface area contributed by atoms with E-state index in [9.17, 15) is 9.18 Å². The molecule has 2 heterocycles. The van der Waals surface area contributed by atoms with E-state index in [4.69, 9.17) is 16.2 Å². The number of aliphatic hydroxyl groups is 1. The summed E-state index contributed by atoms with van der Waals surface area (Å²) in [6.07, 6.45) is 1.89. The van der Waals surface area contributed by atoms with Crippen molar-refractivity contribution in [2.75, 3.05) is 43.4 Å². The molecule has 1 aromatic heterocycles. The number of nitrogens with two attached hydrogens (primary N) is 1. The van der Waals surface area contributed by atoms with Gasteiger partial charge in [0.1, 0.15) is 18.0 Å². The Morgan fingerprint density at radius 3 is 2.73 bits per heavy atom. The Hall–Kier alpha value is -3.07. The van der Waals surface area contributed by atoms with Crippen LogP contribution < -0.4 is 10.6 Å². The fraction of sp³-hybridized carbons (Fsp3) is 0.429. The average molecular weight is 414 g/mol. The summed E-state index contributed by atoms with van der Waals surface area (Å²) in [5.41, 5.74) is 7.53. The summed E-state index contributed by atoms with van der Waals surface area (Å²) in [6.45, 7) is 5.43. The number of amides is 1. The number of hydrogen-bond donors (Lipinski definition) is 3. The van der Waals surface area contributed by atoms with Crippen molar-refractivity contribution in [3.8, 4) is 0 Å². The Morgan fingerprint density at radius 2 is 2.07 bits per heavy atom. The van der Waals surface area contributed by atoms with E-state index in [1.165, 1.54) is 12.4 Å². The third-order valence-corrected chi connectivity index (χ3v) is 5.04. The standard InChI is InChI=1S/C21H27FN6O2/c1-13(2)7-14-8-15(17(23)9-16(14)22)21(24)18-10-19(26-12-25-18)28-4-3-27(5-6-29)20(30)11-28/h8-10,12-13,24,29H,3-7,11,23H2,1-2H3. The van der Waals surface area contributed by atoms with Gasteiger partial charge in [0, 0.05) is 37.0 Å². The third-order valence-electron chi connectivity index (χ3n) is 5.04. The number of carbonyl (C=O) groups excluding carboxylic acids is 1. The number of benzene rings is 1. The van der Waals surface area contributed by atoms with Gasteiger partial charge < -0.3 is 20.6 Å². The highest BCUT2D eigenvalue weighted by Crippen LogP contribution is 2.24. The lowest BCUT2D eigenvalue weighted by Gasteiger charge is -2.34. The molecule has 4 N–H and O–H groups in total. The van der Waals surface area contributed by atoms with Crippen molar-refractivity contribution in [1.29, 1.82) is 5.41 Å². The maximum atomic E-state index is 14.3.